The lowest BCUT2D eigenvalue weighted by molar-refractivity contribution is -0.0445. The Kier molecular flexibility index (Phi) is 5.98. The lowest BCUT2D eigenvalue weighted by Crippen LogP contribution is -2.54. The highest BCUT2D eigenvalue weighted by molar-refractivity contribution is 5.94. The molecule has 0 amide bonds. The van der Waals surface area contributed by atoms with Crippen molar-refractivity contribution < 1.29 is 24.5 Å². The van der Waals surface area contributed by atoms with Gasteiger partial charge in [-0.05, 0) is 67.1 Å². The Balaban J connectivity index is 1.52. The molecule has 0 spiro atoms. The van der Waals surface area contributed by atoms with E-state index in [1.54, 1.807) is 37.4 Å². The molecule has 0 aliphatic carbocycles. The number of ether oxygens (including phenoxy) is 2. The van der Waals surface area contributed by atoms with Crippen molar-refractivity contribution in [1.29, 1.82) is 0 Å². The van der Waals surface area contributed by atoms with E-state index in [9.17, 15) is 15.0 Å². The van der Waals surface area contributed by atoms with Gasteiger partial charge in [-0.25, -0.2) is 9.78 Å². The van der Waals surface area contributed by atoms with Crippen LogP contribution in [0.15, 0.2) is 61.2 Å². The number of piperidine rings is 3. The standard InChI is InChI=1S/C27H28N2O5/c1-3-16-15-29-11-10-17(16)12-23(29)26(31)21-14-25(28-22-9-8-18(33-2)13-20(21)22)34-27(32)19-6-4-5-7-24(19)30/h3-9,13-14,16-17,23,26,30-31H,1,10-12,15H2,2H3/t16-,17-,23+,26-/m0/s1. The van der Waals surface area contributed by atoms with E-state index in [2.05, 4.69) is 16.5 Å². The second-order valence-electron chi connectivity index (χ2n) is 9.03. The van der Waals surface area contributed by atoms with Gasteiger partial charge >= 0.3 is 5.97 Å². The van der Waals surface area contributed by atoms with Crippen LogP contribution in [0.4, 0.5) is 0 Å². The van der Waals surface area contributed by atoms with Crippen molar-refractivity contribution in [3.8, 4) is 17.4 Å². The number of aromatic hydroxyl groups is 1. The number of para-hydroxylation sites is 1. The molecule has 6 rings (SSSR count). The van der Waals surface area contributed by atoms with Gasteiger partial charge < -0.3 is 19.7 Å². The average Bonchev–Trinajstić information content (AvgIpc) is 2.87. The number of hydrogen-bond acceptors (Lipinski definition) is 7. The van der Waals surface area contributed by atoms with Crippen molar-refractivity contribution >= 4 is 16.9 Å². The molecule has 5 atom stereocenters. The molecule has 7 heteroatoms. The molecule has 2 N–H and O–H groups in total. The highest BCUT2D eigenvalue weighted by atomic mass is 16.5. The van der Waals surface area contributed by atoms with E-state index in [1.807, 2.05) is 12.1 Å². The third kappa shape index (κ3) is 4.02. The highest BCUT2D eigenvalue weighted by Gasteiger charge is 2.42. The predicted molar refractivity (Wildman–Crippen MR) is 128 cm³/mol. The highest BCUT2D eigenvalue weighted by Crippen LogP contribution is 2.43. The second-order valence-corrected chi connectivity index (χ2v) is 9.03. The lowest BCUT2D eigenvalue weighted by Gasteiger charge is -2.50. The predicted octanol–water partition coefficient (Wildman–Crippen LogP) is 4.10. The van der Waals surface area contributed by atoms with Gasteiger partial charge in [-0.1, -0.05) is 18.2 Å². The van der Waals surface area contributed by atoms with Crippen molar-refractivity contribution in [3.63, 3.8) is 0 Å². The van der Waals surface area contributed by atoms with Crippen molar-refractivity contribution in [2.75, 3.05) is 20.2 Å². The maximum Gasteiger partial charge on any atom is 0.348 e. The molecule has 3 saturated heterocycles. The van der Waals surface area contributed by atoms with E-state index in [-0.39, 0.29) is 23.2 Å². The Labute approximate surface area is 198 Å². The maximum absolute atomic E-state index is 12.7. The first-order valence-corrected chi connectivity index (χ1v) is 11.5. The Morgan fingerprint density at radius 1 is 1.26 bits per heavy atom. The molecule has 1 aromatic heterocycles. The van der Waals surface area contributed by atoms with Crippen LogP contribution in [0.3, 0.4) is 0 Å². The van der Waals surface area contributed by atoms with Gasteiger partial charge in [0.15, 0.2) is 0 Å². The van der Waals surface area contributed by atoms with E-state index < -0.39 is 12.1 Å². The van der Waals surface area contributed by atoms with Crippen molar-refractivity contribution in [2.24, 2.45) is 11.8 Å². The lowest BCUT2D eigenvalue weighted by atomic mass is 9.73. The number of aliphatic hydroxyl groups excluding tert-OH is 1. The molecule has 7 nitrogen and oxygen atoms in total. The van der Waals surface area contributed by atoms with Gasteiger partial charge in [0.2, 0.25) is 5.88 Å². The molecule has 3 fully saturated rings. The minimum Gasteiger partial charge on any atom is -0.507 e. The van der Waals surface area contributed by atoms with Crippen LogP contribution in [-0.2, 0) is 0 Å². The summed E-state index contributed by atoms with van der Waals surface area (Å²) in [5, 5.41) is 22.4. The van der Waals surface area contributed by atoms with Gasteiger partial charge in [-0.2, -0.15) is 0 Å². The monoisotopic (exact) mass is 460 g/mol. The number of fused-ring (bicyclic) bond motifs is 4. The second kappa shape index (κ2) is 9.08. The van der Waals surface area contributed by atoms with E-state index in [1.165, 1.54) is 12.1 Å². The molecule has 2 bridgehead atoms. The van der Waals surface area contributed by atoms with Crippen LogP contribution >= 0.6 is 0 Å². The van der Waals surface area contributed by atoms with E-state index in [0.29, 0.717) is 28.7 Å². The Morgan fingerprint density at radius 2 is 2.09 bits per heavy atom. The SMILES string of the molecule is C=C[C@H]1CN2CC[C@H]1C[C@@H]2[C@@H](O)c1cc(OC(=O)c2ccccc2O)nc2ccc(OC)cc12. The summed E-state index contributed by atoms with van der Waals surface area (Å²) < 4.78 is 10.9. The minimum absolute atomic E-state index is 0.0477. The first-order chi connectivity index (χ1) is 16.5. The molecule has 0 radical (unpaired) electrons. The number of pyridine rings is 1. The normalized spacial score (nSPS) is 24.5. The number of aliphatic hydroxyl groups is 1. The number of carbonyl (C=O) groups is 1. The first kappa shape index (κ1) is 22.4. The van der Waals surface area contributed by atoms with Crippen LogP contribution in [0.5, 0.6) is 17.4 Å². The van der Waals surface area contributed by atoms with Gasteiger partial charge in [0.25, 0.3) is 0 Å². The van der Waals surface area contributed by atoms with Crippen molar-refractivity contribution in [2.45, 2.75) is 25.0 Å². The Bertz CT molecular complexity index is 1240. The number of rotatable bonds is 6. The van der Waals surface area contributed by atoms with Crippen LogP contribution in [0, 0.1) is 11.8 Å². The third-order valence-corrected chi connectivity index (χ3v) is 7.18. The molecule has 4 heterocycles. The number of phenolic OH excluding ortho intramolecular Hbond substituents is 1. The summed E-state index contributed by atoms with van der Waals surface area (Å²) in [5.74, 6) is 0.790. The number of carbonyl (C=O) groups excluding carboxylic acids is 1. The van der Waals surface area contributed by atoms with Gasteiger partial charge in [0.1, 0.15) is 17.1 Å². The molecule has 0 saturated carbocycles. The summed E-state index contributed by atoms with van der Waals surface area (Å²) in [4.78, 5) is 19.5. The zero-order valence-electron chi connectivity index (χ0n) is 19.1. The summed E-state index contributed by atoms with van der Waals surface area (Å²) >= 11 is 0. The molecule has 34 heavy (non-hydrogen) atoms. The summed E-state index contributed by atoms with van der Waals surface area (Å²) in [6, 6.07) is 13.2. The van der Waals surface area contributed by atoms with E-state index >= 15 is 0 Å². The molecule has 2 aromatic carbocycles. The Hall–Kier alpha value is -3.42. The number of phenols is 1. The number of nitrogens with zero attached hydrogens (tertiary/aromatic N) is 2. The summed E-state index contributed by atoms with van der Waals surface area (Å²) in [7, 11) is 1.59. The molecular formula is C27H28N2O5. The zero-order valence-corrected chi connectivity index (χ0v) is 19.1. The molecule has 3 aliphatic heterocycles. The fraction of sp³-hybridized carbons (Fsp3) is 0.333. The number of hydrogen-bond donors (Lipinski definition) is 2. The maximum atomic E-state index is 12.7. The van der Waals surface area contributed by atoms with E-state index in [0.717, 1.165) is 31.3 Å². The number of benzene rings is 2. The van der Waals surface area contributed by atoms with Gasteiger partial charge in [0, 0.05) is 24.0 Å². The number of esters is 1. The fourth-order valence-electron chi connectivity index (χ4n) is 5.34. The van der Waals surface area contributed by atoms with Crippen LogP contribution in [-0.4, -0.2) is 52.3 Å². The third-order valence-electron chi connectivity index (χ3n) is 7.18. The summed E-state index contributed by atoms with van der Waals surface area (Å²) in [5.41, 5.74) is 1.27. The average molecular weight is 461 g/mol. The minimum atomic E-state index is -0.797. The molecule has 3 aliphatic rings. The molecule has 176 valence electrons. The van der Waals surface area contributed by atoms with Crippen LogP contribution in [0.2, 0.25) is 0 Å². The van der Waals surface area contributed by atoms with Crippen LogP contribution < -0.4 is 9.47 Å². The summed E-state index contributed by atoms with van der Waals surface area (Å²) in [6.45, 7) is 5.81. The van der Waals surface area contributed by atoms with Gasteiger partial charge in [-0.3, -0.25) is 4.90 Å². The largest absolute Gasteiger partial charge is 0.507 e. The quantitative estimate of drug-likeness (QED) is 0.423. The summed E-state index contributed by atoms with van der Waals surface area (Å²) in [6.07, 6.45) is 3.21. The smallest absolute Gasteiger partial charge is 0.348 e. The van der Waals surface area contributed by atoms with Gasteiger partial charge in [0.05, 0.1) is 18.7 Å². The van der Waals surface area contributed by atoms with Gasteiger partial charge in [-0.15, -0.1) is 6.58 Å². The number of aromatic nitrogens is 1. The van der Waals surface area contributed by atoms with Crippen molar-refractivity contribution in [1.82, 2.24) is 9.88 Å². The molecule has 1 unspecified atom stereocenters. The van der Waals surface area contributed by atoms with Crippen LogP contribution in [0.1, 0.15) is 34.9 Å². The van der Waals surface area contributed by atoms with Crippen LogP contribution in [0.25, 0.3) is 10.9 Å². The molecule has 3 aromatic rings. The van der Waals surface area contributed by atoms with Crippen molar-refractivity contribution in [3.05, 3.63) is 72.3 Å². The topological polar surface area (TPSA) is 92.1 Å². The first-order valence-electron chi connectivity index (χ1n) is 11.5. The number of methoxy groups -OCH3 is 1. The molecular weight excluding hydrogens is 432 g/mol. The van der Waals surface area contributed by atoms with E-state index in [4.69, 9.17) is 9.47 Å². The zero-order chi connectivity index (χ0) is 23.8. The Morgan fingerprint density at radius 3 is 2.79 bits per heavy atom. The fourth-order valence-corrected chi connectivity index (χ4v) is 5.34.